The van der Waals surface area contributed by atoms with E-state index in [9.17, 15) is 0 Å². The molecule has 4 nitrogen and oxygen atoms in total. The van der Waals surface area contributed by atoms with E-state index < -0.39 is 0 Å². The van der Waals surface area contributed by atoms with Gasteiger partial charge in [-0.3, -0.25) is 0 Å². The van der Waals surface area contributed by atoms with Gasteiger partial charge in [-0.05, 0) is 51.4 Å². The van der Waals surface area contributed by atoms with Crippen LogP contribution in [0.15, 0.2) is 0 Å². The van der Waals surface area contributed by atoms with Crippen molar-refractivity contribution < 1.29 is 18.9 Å². The van der Waals surface area contributed by atoms with Gasteiger partial charge in [-0.2, -0.15) is 0 Å². The summed E-state index contributed by atoms with van der Waals surface area (Å²) in [5.74, 6) is 0. The second-order valence-corrected chi connectivity index (χ2v) is 8.61. The van der Waals surface area contributed by atoms with Crippen molar-refractivity contribution in [2.45, 2.75) is 115 Å². The molecule has 2 fully saturated rings. The monoisotopic (exact) mass is 398 g/mol. The maximum Gasteiger partial charge on any atom is 0.0704 e. The van der Waals surface area contributed by atoms with Crippen LogP contribution in [0, 0.1) is 0 Å². The Morgan fingerprint density at radius 2 is 0.821 bits per heavy atom. The van der Waals surface area contributed by atoms with Crippen molar-refractivity contribution in [3.8, 4) is 0 Å². The number of unbranched alkanes of at least 4 members (excludes halogenated alkanes) is 4. The van der Waals surface area contributed by atoms with Gasteiger partial charge in [0.15, 0.2) is 0 Å². The first-order chi connectivity index (χ1) is 13.9. The Bertz CT molecular complexity index is 293. The van der Waals surface area contributed by atoms with Gasteiger partial charge in [0.2, 0.25) is 0 Å². The van der Waals surface area contributed by atoms with Crippen LogP contribution >= 0.6 is 0 Å². The summed E-state index contributed by atoms with van der Waals surface area (Å²) in [6, 6.07) is 0. The normalized spacial score (nSPS) is 19.3. The van der Waals surface area contributed by atoms with Crippen LogP contribution in [-0.2, 0) is 18.9 Å². The molecular weight excluding hydrogens is 352 g/mol. The van der Waals surface area contributed by atoms with Crippen LogP contribution in [0.3, 0.4) is 0 Å². The fourth-order valence-corrected chi connectivity index (χ4v) is 4.26. The van der Waals surface area contributed by atoms with Crippen LogP contribution in [0.4, 0.5) is 0 Å². The molecule has 0 N–H and O–H groups in total. The maximum atomic E-state index is 5.95. The van der Waals surface area contributed by atoms with Gasteiger partial charge < -0.3 is 18.9 Å². The molecule has 0 aromatic heterocycles. The molecule has 2 aliphatic carbocycles. The Morgan fingerprint density at radius 3 is 1.39 bits per heavy atom. The Balaban J connectivity index is 1.20. The average molecular weight is 399 g/mol. The Kier molecular flexibility index (Phi) is 15.2. The lowest BCUT2D eigenvalue weighted by atomic mass is 9.98. The molecule has 0 aliphatic heterocycles. The summed E-state index contributed by atoms with van der Waals surface area (Å²) in [6.07, 6.45) is 21.3. The second kappa shape index (κ2) is 17.7. The lowest BCUT2D eigenvalue weighted by Crippen LogP contribution is -2.19. The maximum absolute atomic E-state index is 5.95. The fraction of sp³-hybridized carbons (Fsp3) is 1.00. The van der Waals surface area contributed by atoms with Crippen LogP contribution < -0.4 is 0 Å². The summed E-state index contributed by atoms with van der Waals surface area (Å²) in [5, 5.41) is 0. The van der Waals surface area contributed by atoms with Crippen molar-refractivity contribution in [3.63, 3.8) is 0 Å². The van der Waals surface area contributed by atoms with Crippen molar-refractivity contribution in [1.29, 1.82) is 0 Å². The molecule has 0 radical (unpaired) electrons. The van der Waals surface area contributed by atoms with E-state index in [4.69, 9.17) is 18.9 Å². The zero-order chi connectivity index (χ0) is 19.5. The van der Waals surface area contributed by atoms with Gasteiger partial charge in [0.05, 0.1) is 25.4 Å². The summed E-state index contributed by atoms with van der Waals surface area (Å²) < 4.78 is 23.2. The third kappa shape index (κ3) is 13.1. The van der Waals surface area contributed by atoms with Crippen molar-refractivity contribution in [3.05, 3.63) is 0 Å². The van der Waals surface area contributed by atoms with Crippen LogP contribution in [-0.4, -0.2) is 51.8 Å². The first-order valence-corrected chi connectivity index (χ1v) is 12.3. The van der Waals surface area contributed by atoms with Crippen LogP contribution in [0.25, 0.3) is 0 Å². The minimum Gasteiger partial charge on any atom is -0.381 e. The van der Waals surface area contributed by atoms with E-state index in [1.165, 1.54) is 83.5 Å². The van der Waals surface area contributed by atoms with E-state index in [1.54, 1.807) is 0 Å². The van der Waals surface area contributed by atoms with E-state index >= 15 is 0 Å². The van der Waals surface area contributed by atoms with Gasteiger partial charge in [-0.25, -0.2) is 0 Å². The van der Waals surface area contributed by atoms with E-state index in [0.29, 0.717) is 12.2 Å². The lowest BCUT2D eigenvalue weighted by Gasteiger charge is -2.21. The first-order valence-electron chi connectivity index (χ1n) is 12.3. The molecular formula is C24H46O4. The molecule has 0 spiro atoms. The molecule has 0 saturated heterocycles. The highest BCUT2D eigenvalue weighted by atomic mass is 16.5. The Hall–Kier alpha value is -0.160. The average Bonchev–Trinajstić information content (AvgIpc) is 2.75. The van der Waals surface area contributed by atoms with Gasteiger partial charge >= 0.3 is 0 Å². The molecule has 0 aromatic rings. The quantitative estimate of drug-likeness (QED) is 0.279. The molecule has 0 unspecified atom stereocenters. The predicted octanol–water partition coefficient (Wildman–Crippen LogP) is 6.06. The van der Waals surface area contributed by atoms with Crippen LogP contribution in [0.2, 0.25) is 0 Å². The minimum atomic E-state index is 0.502. The summed E-state index contributed by atoms with van der Waals surface area (Å²) in [7, 11) is 0. The lowest BCUT2D eigenvalue weighted by molar-refractivity contribution is -0.0106. The van der Waals surface area contributed by atoms with Crippen molar-refractivity contribution in [2.24, 2.45) is 0 Å². The summed E-state index contributed by atoms with van der Waals surface area (Å²) in [6.45, 7) is 5.10. The molecule has 2 aliphatic rings. The highest BCUT2D eigenvalue weighted by Crippen LogP contribution is 2.21. The van der Waals surface area contributed by atoms with Gasteiger partial charge in [0.1, 0.15) is 0 Å². The summed E-state index contributed by atoms with van der Waals surface area (Å²) >= 11 is 0. The van der Waals surface area contributed by atoms with E-state index in [-0.39, 0.29) is 0 Å². The molecule has 2 rings (SSSR count). The number of hydrogen-bond donors (Lipinski definition) is 0. The molecule has 28 heavy (non-hydrogen) atoms. The van der Waals surface area contributed by atoms with Crippen LogP contribution in [0.5, 0.6) is 0 Å². The van der Waals surface area contributed by atoms with Crippen LogP contribution in [0.1, 0.15) is 103 Å². The number of rotatable bonds is 17. The van der Waals surface area contributed by atoms with E-state index in [1.807, 2.05) is 0 Å². The summed E-state index contributed by atoms with van der Waals surface area (Å²) in [5.41, 5.74) is 0. The number of hydrogen-bond acceptors (Lipinski definition) is 4. The van der Waals surface area contributed by atoms with Crippen molar-refractivity contribution in [1.82, 2.24) is 0 Å². The molecule has 0 atom stereocenters. The zero-order valence-electron chi connectivity index (χ0n) is 18.3. The molecule has 0 amide bonds. The smallest absolute Gasteiger partial charge is 0.0704 e. The third-order valence-electron chi connectivity index (χ3n) is 6.05. The minimum absolute atomic E-state index is 0.502. The standard InChI is InChI=1S/C24H46O4/c1(2-10-18-26-21-22-28-24-15-7-4-8-16-24)9-17-25-19-11-12-20-27-23-13-5-3-6-14-23/h23-24H,1-22H2. The fourth-order valence-electron chi connectivity index (χ4n) is 4.26. The highest BCUT2D eigenvalue weighted by Gasteiger charge is 2.13. The first kappa shape index (κ1) is 24.1. The van der Waals surface area contributed by atoms with Gasteiger partial charge in [0, 0.05) is 26.4 Å². The molecule has 166 valence electrons. The molecule has 0 bridgehead atoms. The van der Waals surface area contributed by atoms with Crippen molar-refractivity contribution in [2.75, 3.05) is 39.6 Å². The molecule has 4 heteroatoms. The van der Waals surface area contributed by atoms with Gasteiger partial charge in [-0.1, -0.05) is 51.4 Å². The Labute approximate surface area is 174 Å². The third-order valence-corrected chi connectivity index (χ3v) is 6.05. The Morgan fingerprint density at radius 1 is 0.393 bits per heavy atom. The highest BCUT2D eigenvalue weighted by molar-refractivity contribution is 4.65. The molecule has 2 saturated carbocycles. The largest absolute Gasteiger partial charge is 0.381 e. The van der Waals surface area contributed by atoms with Crippen molar-refractivity contribution >= 4 is 0 Å². The SMILES string of the molecule is C(CCCOCCOC1CCCCC1)CCOCCCCOC1CCCCC1. The molecule has 0 aromatic carbocycles. The zero-order valence-corrected chi connectivity index (χ0v) is 18.3. The van der Waals surface area contributed by atoms with Gasteiger partial charge in [0.25, 0.3) is 0 Å². The topological polar surface area (TPSA) is 36.9 Å². The summed E-state index contributed by atoms with van der Waals surface area (Å²) in [4.78, 5) is 0. The van der Waals surface area contributed by atoms with E-state index in [2.05, 4.69) is 0 Å². The molecule has 0 heterocycles. The predicted molar refractivity (Wildman–Crippen MR) is 115 cm³/mol. The number of ether oxygens (including phenoxy) is 4. The van der Waals surface area contributed by atoms with E-state index in [0.717, 1.165) is 58.9 Å². The van der Waals surface area contributed by atoms with Gasteiger partial charge in [-0.15, -0.1) is 0 Å². The second-order valence-electron chi connectivity index (χ2n) is 8.61.